The number of benzene rings is 3. The Kier molecular flexibility index (Phi) is 11.8. The van der Waals surface area contributed by atoms with E-state index in [1.54, 1.807) is 62.1 Å². The van der Waals surface area contributed by atoms with Crippen molar-refractivity contribution in [3.05, 3.63) is 114 Å². The highest BCUT2D eigenvalue weighted by molar-refractivity contribution is 6.07. The summed E-state index contributed by atoms with van der Waals surface area (Å²) in [6.07, 6.45) is 3.70. The van der Waals surface area contributed by atoms with Gasteiger partial charge < -0.3 is 29.7 Å². The number of aromatic nitrogens is 1. The second-order valence-corrected chi connectivity index (χ2v) is 15.6. The van der Waals surface area contributed by atoms with Crippen molar-refractivity contribution in [2.45, 2.75) is 64.3 Å². The molecule has 12 heteroatoms. The molecule has 0 unspecified atom stereocenters. The summed E-state index contributed by atoms with van der Waals surface area (Å²) < 4.78 is 1.93. The van der Waals surface area contributed by atoms with Crippen LogP contribution in [-0.4, -0.2) is 116 Å². The Morgan fingerprint density at radius 1 is 1.00 bits per heavy atom. The lowest BCUT2D eigenvalue weighted by atomic mass is 9.97. The molecule has 4 aromatic rings. The Bertz CT molecular complexity index is 2040. The molecule has 2 N–H and O–H groups in total. The molecule has 1 aromatic heterocycles. The largest absolute Gasteiger partial charge is 0.508 e. The lowest BCUT2D eigenvalue weighted by Gasteiger charge is -2.55. The summed E-state index contributed by atoms with van der Waals surface area (Å²) in [6.45, 7) is 11.9. The number of piperazine rings is 1. The van der Waals surface area contributed by atoms with Crippen molar-refractivity contribution in [3.63, 3.8) is 0 Å². The third kappa shape index (κ3) is 8.76. The van der Waals surface area contributed by atoms with Crippen LogP contribution in [0.5, 0.6) is 5.75 Å². The number of phenols is 1. The van der Waals surface area contributed by atoms with Crippen molar-refractivity contribution >= 4 is 34.5 Å². The number of nitrogens with zero attached hydrogens (tertiary/aromatic N) is 6. The van der Waals surface area contributed by atoms with Crippen molar-refractivity contribution in [1.82, 2.24) is 34.6 Å². The Hall–Kier alpha value is -5.46. The number of amides is 4. The molecule has 0 bridgehead atoms. The molecule has 0 saturated carbocycles. The highest BCUT2D eigenvalue weighted by atomic mass is 16.3. The summed E-state index contributed by atoms with van der Waals surface area (Å²) in [7, 11) is 3.70. The number of carbonyl (C=O) groups excluding carboxylic acids is 4. The van der Waals surface area contributed by atoms with Gasteiger partial charge in [-0.15, -0.1) is 6.58 Å². The van der Waals surface area contributed by atoms with E-state index in [-0.39, 0.29) is 73.9 Å². The van der Waals surface area contributed by atoms with E-state index in [4.69, 9.17) is 0 Å². The SMILES string of the molecule is C=CCN1CC(=O)N2[C@@H](Cc3ccc(O)cc3)C(=O)N(Cc3cccc4c(C(=O)N(C)CCNC(C)(C)C)cn(C)c34)C[C@@H]2N1C(=O)CCc1ccccc1. The quantitative estimate of drug-likeness (QED) is 0.196. The molecule has 2 aliphatic rings. The summed E-state index contributed by atoms with van der Waals surface area (Å²) >= 11 is 0. The van der Waals surface area contributed by atoms with E-state index in [9.17, 15) is 24.3 Å². The summed E-state index contributed by atoms with van der Waals surface area (Å²) in [5.41, 5.74) is 3.99. The number of carbonyl (C=O) groups is 4. The fraction of sp³-hybridized carbons (Fsp3) is 0.395. The topological polar surface area (TPSA) is 122 Å². The van der Waals surface area contributed by atoms with Gasteiger partial charge in [0.2, 0.25) is 17.7 Å². The molecule has 2 saturated heterocycles. The zero-order valence-electron chi connectivity index (χ0n) is 32.6. The van der Waals surface area contributed by atoms with Gasteiger partial charge in [0.1, 0.15) is 18.0 Å². The first-order valence-electron chi connectivity index (χ1n) is 18.9. The lowest BCUT2D eigenvalue weighted by Crippen LogP contribution is -2.75. The standard InChI is InChI=1S/C43H53N7O5/c1-7-23-48-29-39(53)49-36(25-31-16-19-33(51)20-17-31)42(55)47(28-37(49)50(48)38(52)21-18-30-12-9-8-10-13-30)26-32-14-11-15-34-35(27-46(6)40(32)34)41(54)45(5)24-22-44-43(2,3)4/h7-17,19-20,27,36-37,44,51H,1,18,21-26,28-29H2,2-6H3/t36-,37-/m0/s1. The first kappa shape index (κ1) is 39.2. The molecule has 3 aromatic carbocycles. The van der Waals surface area contributed by atoms with Crippen LogP contribution in [0, 0.1) is 0 Å². The molecule has 2 fully saturated rings. The van der Waals surface area contributed by atoms with Crippen LogP contribution in [0.1, 0.15) is 54.2 Å². The average molecular weight is 748 g/mol. The van der Waals surface area contributed by atoms with Crippen LogP contribution < -0.4 is 5.32 Å². The highest BCUT2D eigenvalue weighted by Crippen LogP contribution is 2.32. The van der Waals surface area contributed by atoms with Gasteiger partial charge in [-0.1, -0.05) is 66.7 Å². The minimum atomic E-state index is -0.897. The fourth-order valence-electron chi connectivity index (χ4n) is 7.73. The number of rotatable bonds is 13. The van der Waals surface area contributed by atoms with Crippen LogP contribution in [0.4, 0.5) is 0 Å². The highest BCUT2D eigenvalue weighted by Gasteiger charge is 2.51. The number of fused-ring (bicyclic) bond motifs is 2. The van der Waals surface area contributed by atoms with Gasteiger partial charge in [-0.2, -0.15) is 0 Å². The molecule has 12 nitrogen and oxygen atoms in total. The first-order chi connectivity index (χ1) is 26.3. The monoisotopic (exact) mass is 747 g/mol. The first-order valence-corrected chi connectivity index (χ1v) is 18.9. The number of hydrogen-bond donors (Lipinski definition) is 2. The summed E-state index contributed by atoms with van der Waals surface area (Å²) in [6, 6.07) is 21.3. The van der Waals surface area contributed by atoms with Crippen LogP contribution >= 0.6 is 0 Å². The minimum absolute atomic E-state index is 0.0639. The summed E-state index contributed by atoms with van der Waals surface area (Å²) in [5.74, 6) is -0.626. The predicted molar refractivity (Wildman–Crippen MR) is 213 cm³/mol. The zero-order valence-corrected chi connectivity index (χ0v) is 32.6. The molecule has 0 spiro atoms. The Morgan fingerprint density at radius 3 is 2.42 bits per heavy atom. The maximum absolute atomic E-state index is 14.7. The van der Waals surface area contributed by atoms with Crippen molar-refractivity contribution in [2.24, 2.45) is 7.05 Å². The van der Waals surface area contributed by atoms with Crippen LogP contribution in [0.2, 0.25) is 0 Å². The predicted octanol–water partition coefficient (Wildman–Crippen LogP) is 4.33. The second-order valence-electron chi connectivity index (χ2n) is 15.6. The van der Waals surface area contributed by atoms with E-state index in [0.29, 0.717) is 25.1 Å². The van der Waals surface area contributed by atoms with E-state index in [1.807, 2.05) is 66.3 Å². The number of likely N-dealkylation sites (N-methyl/N-ethyl adjacent to an activating group) is 1. The van der Waals surface area contributed by atoms with E-state index in [1.165, 1.54) is 0 Å². The molecule has 4 amide bonds. The van der Waals surface area contributed by atoms with Gasteiger partial charge in [-0.25, -0.2) is 10.0 Å². The van der Waals surface area contributed by atoms with Crippen LogP contribution in [0.3, 0.4) is 0 Å². The van der Waals surface area contributed by atoms with Crippen molar-refractivity contribution in [1.29, 1.82) is 0 Å². The normalized spacial score (nSPS) is 17.8. The van der Waals surface area contributed by atoms with E-state index in [2.05, 4.69) is 32.7 Å². The molecule has 6 rings (SSSR count). The maximum Gasteiger partial charge on any atom is 0.255 e. The maximum atomic E-state index is 14.7. The third-order valence-corrected chi connectivity index (χ3v) is 10.4. The summed E-state index contributed by atoms with van der Waals surface area (Å²) in [4.78, 5) is 61.8. The van der Waals surface area contributed by atoms with Crippen molar-refractivity contribution < 1.29 is 24.3 Å². The molecule has 0 radical (unpaired) electrons. The van der Waals surface area contributed by atoms with Crippen LogP contribution in [-0.2, 0) is 40.8 Å². The van der Waals surface area contributed by atoms with Gasteiger partial charge in [0.15, 0.2) is 0 Å². The number of phenolic OH excluding ortho intramolecular Hbond substituents is 1. The average Bonchev–Trinajstić information content (AvgIpc) is 3.49. The number of para-hydroxylation sites is 1. The number of aryl methyl sites for hydroxylation is 2. The molecular formula is C43H53N7O5. The third-order valence-electron chi connectivity index (χ3n) is 10.4. The second kappa shape index (κ2) is 16.5. The van der Waals surface area contributed by atoms with Gasteiger partial charge in [-0.3, -0.25) is 19.2 Å². The number of nitrogens with one attached hydrogen (secondary N) is 1. The fourth-order valence-corrected chi connectivity index (χ4v) is 7.73. The molecule has 3 heterocycles. The molecule has 2 atom stereocenters. The Balaban J connectivity index is 1.34. The van der Waals surface area contributed by atoms with E-state index >= 15 is 0 Å². The zero-order chi connectivity index (χ0) is 39.4. The van der Waals surface area contributed by atoms with Crippen molar-refractivity contribution in [3.8, 4) is 5.75 Å². The summed E-state index contributed by atoms with van der Waals surface area (Å²) in [5, 5.41) is 17.6. The molecule has 2 aliphatic heterocycles. The van der Waals surface area contributed by atoms with Gasteiger partial charge >= 0.3 is 0 Å². The Labute approximate surface area is 323 Å². The smallest absolute Gasteiger partial charge is 0.255 e. The number of aromatic hydroxyl groups is 1. The molecule has 55 heavy (non-hydrogen) atoms. The van der Waals surface area contributed by atoms with Crippen LogP contribution in [0.25, 0.3) is 10.9 Å². The van der Waals surface area contributed by atoms with Crippen molar-refractivity contribution in [2.75, 3.05) is 39.8 Å². The van der Waals surface area contributed by atoms with Gasteiger partial charge in [-0.05, 0) is 56.0 Å². The number of hydrogen-bond acceptors (Lipinski definition) is 7. The lowest BCUT2D eigenvalue weighted by molar-refractivity contribution is -0.205. The molecular weight excluding hydrogens is 695 g/mol. The molecule has 0 aliphatic carbocycles. The Morgan fingerprint density at radius 2 is 1.73 bits per heavy atom. The van der Waals surface area contributed by atoms with Gasteiger partial charge in [0.05, 0.1) is 24.2 Å². The molecule has 290 valence electrons. The van der Waals surface area contributed by atoms with Crippen LogP contribution in [0.15, 0.2) is 91.6 Å². The number of hydrazine groups is 1. The minimum Gasteiger partial charge on any atom is -0.508 e. The van der Waals surface area contributed by atoms with E-state index in [0.717, 1.165) is 27.6 Å². The van der Waals surface area contributed by atoms with E-state index < -0.39 is 12.2 Å². The van der Waals surface area contributed by atoms with Gasteiger partial charge in [0.25, 0.3) is 5.91 Å². The van der Waals surface area contributed by atoms with Gasteiger partial charge in [0, 0.05) is 70.2 Å².